The SMILES string of the molecule is COCCCCn1c(C(=O)N(C(C)C)[C@@H]2CCCNC2)cc2cc(F)ccc21. The average molecular weight is 390 g/mol. The number of ether oxygens (including phenoxy) is 1. The van der Waals surface area contributed by atoms with E-state index in [0.29, 0.717) is 18.8 Å². The summed E-state index contributed by atoms with van der Waals surface area (Å²) in [6.45, 7) is 7.38. The molecule has 28 heavy (non-hydrogen) atoms. The van der Waals surface area contributed by atoms with Gasteiger partial charge in [0, 0.05) is 49.8 Å². The highest BCUT2D eigenvalue weighted by molar-refractivity contribution is 5.99. The minimum atomic E-state index is -0.278. The first-order valence-corrected chi connectivity index (χ1v) is 10.3. The van der Waals surface area contributed by atoms with E-state index in [0.717, 1.165) is 49.7 Å². The molecule has 1 atom stereocenters. The Labute approximate surface area is 166 Å². The van der Waals surface area contributed by atoms with Gasteiger partial charge >= 0.3 is 0 Å². The molecule has 2 aromatic rings. The summed E-state index contributed by atoms with van der Waals surface area (Å²) >= 11 is 0. The fourth-order valence-electron chi connectivity index (χ4n) is 4.20. The Hall–Kier alpha value is -1.92. The van der Waals surface area contributed by atoms with E-state index < -0.39 is 0 Å². The molecule has 1 aliphatic heterocycles. The van der Waals surface area contributed by atoms with Crippen LogP contribution in [0, 0.1) is 5.82 Å². The van der Waals surface area contributed by atoms with Crippen molar-refractivity contribution in [1.82, 2.24) is 14.8 Å². The fourth-order valence-corrected chi connectivity index (χ4v) is 4.20. The number of amides is 1. The number of halogens is 1. The Kier molecular flexibility index (Phi) is 7.08. The summed E-state index contributed by atoms with van der Waals surface area (Å²) in [7, 11) is 1.70. The van der Waals surface area contributed by atoms with Gasteiger partial charge in [-0.05, 0) is 70.3 Å². The molecule has 0 spiro atoms. The molecule has 1 amide bonds. The van der Waals surface area contributed by atoms with Crippen molar-refractivity contribution in [2.24, 2.45) is 0 Å². The summed E-state index contributed by atoms with van der Waals surface area (Å²) in [4.78, 5) is 15.6. The number of methoxy groups -OCH3 is 1. The highest BCUT2D eigenvalue weighted by Crippen LogP contribution is 2.25. The lowest BCUT2D eigenvalue weighted by atomic mass is 10.0. The average Bonchev–Trinajstić information content (AvgIpc) is 3.03. The molecule has 154 valence electrons. The molecule has 0 saturated carbocycles. The third-order valence-electron chi connectivity index (χ3n) is 5.52. The maximum atomic E-state index is 13.8. The zero-order valence-electron chi connectivity index (χ0n) is 17.2. The fraction of sp³-hybridized carbons (Fsp3) is 0.591. The highest BCUT2D eigenvalue weighted by atomic mass is 19.1. The first-order chi connectivity index (χ1) is 13.5. The summed E-state index contributed by atoms with van der Waals surface area (Å²) in [5.74, 6) is -0.243. The maximum absolute atomic E-state index is 13.8. The Morgan fingerprint density at radius 3 is 2.86 bits per heavy atom. The molecule has 1 aromatic heterocycles. The molecule has 1 aromatic carbocycles. The van der Waals surface area contributed by atoms with Crippen LogP contribution in [-0.4, -0.2) is 54.3 Å². The number of piperidine rings is 1. The van der Waals surface area contributed by atoms with Gasteiger partial charge in [0.15, 0.2) is 0 Å². The summed E-state index contributed by atoms with van der Waals surface area (Å²) in [6.07, 6.45) is 3.92. The Morgan fingerprint density at radius 1 is 1.36 bits per heavy atom. The van der Waals surface area contributed by atoms with Crippen LogP contribution in [0.15, 0.2) is 24.3 Å². The van der Waals surface area contributed by atoms with Gasteiger partial charge in [-0.25, -0.2) is 4.39 Å². The van der Waals surface area contributed by atoms with Crippen LogP contribution in [0.1, 0.15) is 50.0 Å². The molecular weight excluding hydrogens is 357 g/mol. The number of unbranched alkanes of at least 4 members (excludes halogenated alkanes) is 1. The lowest BCUT2D eigenvalue weighted by Gasteiger charge is -2.37. The van der Waals surface area contributed by atoms with Gasteiger partial charge in [0.25, 0.3) is 5.91 Å². The predicted octanol–water partition coefficient (Wildman–Crippen LogP) is 3.81. The molecule has 0 bridgehead atoms. The number of carbonyl (C=O) groups excluding carboxylic acids is 1. The van der Waals surface area contributed by atoms with Gasteiger partial charge in [-0.3, -0.25) is 4.79 Å². The van der Waals surface area contributed by atoms with Crippen LogP contribution < -0.4 is 5.32 Å². The van der Waals surface area contributed by atoms with Crippen molar-refractivity contribution in [1.29, 1.82) is 0 Å². The van der Waals surface area contributed by atoms with Crippen LogP contribution in [0.4, 0.5) is 4.39 Å². The molecule has 1 fully saturated rings. The van der Waals surface area contributed by atoms with E-state index in [2.05, 4.69) is 23.7 Å². The van der Waals surface area contributed by atoms with Crippen LogP contribution in [-0.2, 0) is 11.3 Å². The van der Waals surface area contributed by atoms with Crippen molar-refractivity contribution >= 4 is 16.8 Å². The Morgan fingerprint density at radius 2 is 2.18 bits per heavy atom. The van der Waals surface area contributed by atoms with Crippen LogP contribution in [0.3, 0.4) is 0 Å². The van der Waals surface area contributed by atoms with Gasteiger partial charge in [0.05, 0.1) is 0 Å². The second-order valence-corrected chi connectivity index (χ2v) is 7.89. The van der Waals surface area contributed by atoms with Gasteiger partial charge in [-0.1, -0.05) is 0 Å². The first-order valence-electron chi connectivity index (χ1n) is 10.3. The van der Waals surface area contributed by atoms with E-state index >= 15 is 0 Å². The van der Waals surface area contributed by atoms with Gasteiger partial charge < -0.3 is 19.5 Å². The number of hydrogen-bond donors (Lipinski definition) is 1. The molecule has 3 rings (SSSR count). The summed E-state index contributed by atoms with van der Waals surface area (Å²) in [5.41, 5.74) is 1.56. The number of fused-ring (bicyclic) bond motifs is 1. The quantitative estimate of drug-likeness (QED) is 0.699. The maximum Gasteiger partial charge on any atom is 0.271 e. The van der Waals surface area contributed by atoms with Crippen LogP contribution in [0.5, 0.6) is 0 Å². The minimum Gasteiger partial charge on any atom is -0.385 e. The standard InChI is InChI=1S/C22H32FN3O2/c1-16(2)26(19-7-6-10-24-15-19)22(27)21-14-17-13-18(23)8-9-20(17)25(21)11-4-5-12-28-3/h8-9,13-14,16,19,24H,4-7,10-12,15H2,1-3H3/t19-/m1/s1. The van der Waals surface area contributed by atoms with Crippen LogP contribution in [0.25, 0.3) is 10.9 Å². The molecule has 1 N–H and O–H groups in total. The van der Waals surface area contributed by atoms with Crippen molar-refractivity contribution in [3.8, 4) is 0 Å². The monoisotopic (exact) mass is 389 g/mol. The van der Waals surface area contributed by atoms with Crippen molar-refractivity contribution in [3.05, 3.63) is 35.8 Å². The van der Waals surface area contributed by atoms with Crippen molar-refractivity contribution in [2.75, 3.05) is 26.8 Å². The number of aryl methyl sites for hydroxylation is 1. The van der Waals surface area contributed by atoms with Gasteiger partial charge in [-0.2, -0.15) is 0 Å². The number of hydrogen-bond acceptors (Lipinski definition) is 3. The molecule has 1 aliphatic rings. The smallest absolute Gasteiger partial charge is 0.271 e. The third-order valence-corrected chi connectivity index (χ3v) is 5.52. The Balaban J connectivity index is 1.95. The lowest BCUT2D eigenvalue weighted by molar-refractivity contribution is 0.0562. The lowest BCUT2D eigenvalue weighted by Crippen LogP contribution is -2.52. The molecule has 0 aliphatic carbocycles. The second-order valence-electron chi connectivity index (χ2n) is 7.89. The zero-order chi connectivity index (χ0) is 20.1. The van der Waals surface area contributed by atoms with E-state index in [1.807, 2.05) is 11.0 Å². The zero-order valence-corrected chi connectivity index (χ0v) is 17.2. The van der Waals surface area contributed by atoms with Gasteiger partial charge in [-0.15, -0.1) is 0 Å². The van der Waals surface area contributed by atoms with Crippen molar-refractivity contribution in [2.45, 2.75) is 58.2 Å². The number of nitrogens with one attached hydrogen (secondary N) is 1. The van der Waals surface area contributed by atoms with E-state index in [1.165, 1.54) is 12.1 Å². The molecule has 5 nitrogen and oxygen atoms in total. The molecule has 0 unspecified atom stereocenters. The molecule has 1 saturated heterocycles. The number of nitrogens with zero attached hydrogens (tertiary/aromatic N) is 2. The topological polar surface area (TPSA) is 46.5 Å². The third kappa shape index (κ3) is 4.55. The Bertz CT molecular complexity index is 796. The largest absolute Gasteiger partial charge is 0.385 e. The van der Waals surface area contributed by atoms with E-state index in [-0.39, 0.29) is 23.8 Å². The first kappa shape index (κ1) is 20.8. The molecule has 6 heteroatoms. The summed E-state index contributed by atoms with van der Waals surface area (Å²) in [5, 5.41) is 4.19. The van der Waals surface area contributed by atoms with E-state index in [1.54, 1.807) is 13.2 Å². The molecular formula is C22H32FN3O2. The van der Waals surface area contributed by atoms with E-state index in [4.69, 9.17) is 4.74 Å². The van der Waals surface area contributed by atoms with Crippen LogP contribution >= 0.6 is 0 Å². The van der Waals surface area contributed by atoms with Gasteiger partial charge in [0.2, 0.25) is 0 Å². The minimum absolute atomic E-state index is 0.0343. The summed E-state index contributed by atoms with van der Waals surface area (Å²) < 4.78 is 21.0. The van der Waals surface area contributed by atoms with Crippen molar-refractivity contribution in [3.63, 3.8) is 0 Å². The predicted molar refractivity (Wildman–Crippen MR) is 110 cm³/mol. The highest BCUT2D eigenvalue weighted by Gasteiger charge is 2.30. The van der Waals surface area contributed by atoms with Crippen LogP contribution in [0.2, 0.25) is 0 Å². The normalized spacial score (nSPS) is 17.4. The molecule has 2 heterocycles. The van der Waals surface area contributed by atoms with Crippen molar-refractivity contribution < 1.29 is 13.9 Å². The number of aromatic nitrogens is 1. The second kappa shape index (κ2) is 9.52. The van der Waals surface area contributed by atoms with E-state index in [9.17, 15) is 9.18 Å². The number of rotatable bonds is 8. The van der Waals surface area contributed by atoms with Gasteiger partial charge in [0.1, 0.15) is 11.5 Å². The summed E-state index contributed by atoms with van der Waals surface area (Å²) in [6, 6.07) is 6.90. The number of benzene rings is 1. The molecule has 0 radical (unpaired) electrons. The number of carbonyl (C=O) groups is 1.